The first-order valence-corrected chi connectivity index (χ1v) is 11.7. The van der Waals surface area contributed by atoms with Crippen molar-refractivity contribution >= 4 is 17.7 Å². The van der Waals surface area contributed by atoms with Crippen LogP contribution >= 0.6 is 0 Å². The average molecular weight is 470 g/mol. The Kier molecular flexibility index (Phi) is 12.4. The molecule has 0 aliphatic carbocycles. The van der Waals surface area contributed by atoms with Gasteiger partial charge >= 0.3 is 0 Å². The largest absolute Gasteiger partial charge is 0.377 e. The molecule has 34 heavy (non-hydrogen) atoms. The van der Waals surface area contributed by atoms with Gasteiger partial charge in [-0.15, -0.1) is 0 Å². The second-order valence-corrected chi connectivity index (χ2v) is 8.12. The summed E-state index contributed by atoms with van der Waals surface area (Å²) in [5.74, 6) is -1.02. The molecule has 0 spiro atoms. The normalized spacial score (nSPS) is 11.5. The molecule has 0 aliphatic rings. The maximum Gasteiger partial charge on any atom is 0.247 e. The number of carbonyl (C=O) groups is 3. The smallest absolute Gasteiger partial charge is 0.247 e. The van der Waals surface area contributed by atoms with Gasteiger partial charge in [-0.3, -0.25) is 19.6 Å². The van der Waals surface area contributed by atoms with Gasteiger partial charge in [0.2, 0.25) is 17.7 Å². The molecule has 0 saturated carbocycles. The number of ether oxygens (including phenoxy) is 1. The lowest BCUT2D eigenvalue weighted by molar-refractivity contribution is -0.128. The summed E-state index contributed by atoms with van der Waals surface area (Å²) in [4.78, 5) is 36.4. The van der Waals surface area contributed by atoms with Crippen LogP contribution in [-0.2, 0) is 38.6 Å². The minimum absolute atomic E-state index is 0.0177. The zero-order valence-electron chi connectivity index (χ0n) is 19.7. The number of hydrogen-bond donors (Lipinski definition) is 4. The Morgan fingerprint density at radius 3 is 2.26 bits per heavy atom. The van der Waals surface area contributed by atoms with Crippen molar-refractivity contribution in [2.24, 2.45) is 0 Å². The molecule has 2 rings (SSSR count). The maximum atomic E-state index is 12.5. The third kappa shape index (κ3) is 10.1. The second kappa shape index (κ2) is 15.6. The molecule has 4 N–H and O–H groups in total. The maximum absolute atomic E-state index is 12.5. The van der Waals surface area contributed by atoms with Gasteiger partial charge in [0.15, 0.2) is 0 Å². The molecule has 8 heteroatoms. The number of amides is 3. The Morgan fingerprint density at radius 2 is 1.56 bits per heavy atom. The fourth-order valence-electron chi connectivity index (χ4n) is 3.62. The van der Waals surface area contributed by atoms with E-state index in [1.54, 1.807) is 17.6 Å². The molecule has 8 nitrogen and oxygen atoms in total. The second-order valence-electron chi connectivity index (χ2n) is 8.12. The van der Waals surface area contributed by atoms with E-state index in [1.807, 2.05) is 42.5 Å². The van der Waals surface area contributed by atoms with E-state index in [9.17, 15) is 14.4 Å². The zero-order valence-corrected chi connectivity index (χ0v) is 19.7. The molecule has 0 heterocycles. The van der Waals surface area contributed by atoms with Crippen LogP contribution in [0.2, 0.25) is 0 Å². The minimum Gasteiger partial charge on any atom is -0.377 e. The molecule has 0 radical (unpaired) electrons. The number of nitrogens with one attached hydrogen (secondary N) is 3. The standard InChI is InChI=1S/C26H35N3O5/c1-27-26(32)23(17-21-13-8-9-14-22(21)18-25(31)29-33)28-24(30)15-7-2-3-10-16-34-19-20-11-5-4-6-12-20/h4-6,8-9,11-14,23,33H,2-3,7,10,15-19H2,1H3,(H,27,32)(H,28,30)(H,29,31)/t23-/m0/s1. The molecule has 1 atom stereocenters. The lowest BCUT2D eigenvalue weighted by Crippen LogP contribution is -2.47. The first-order chi connectivity index (χ1) is 16.5. The topological polar surface area (TPSA) is 117 Å². The van der Waals surface area contributed by atoms with Gasteiger partial charge in [-0.25, -0.2) is 5.48 Å². The van der Waals surface area contributed by atoms with E-state index < -0.39 is 11.9 Å². The molecule has 0 aliphatic heterocycles. The SMILES string of the molecule is CNC(=O)[C@H](Cc1ccccc1CC(=O)NO)NC(=O)CCCCCCOCc1ccccc1. The number of hydrogen-bond acceptors (Lipinski definition) is 5. The van der Waals surface area contributed by atoms with Crippen LogP contribution in [0.4, 0.5) is 0 Å². The van der Waals surface area contributed by atoms with Crippen LogP contribution in [0.5, 0.6) is 0 Å². The highest BCUT2D eigenvalue weighted by atomic mass is 16.5. The van der Waals surface area contributed by atoms with Crippen molar-refractivity contribution in [2.75, 3.05) is 13.7 Å². The third-order valence-corrected chi connectivity index (χ3v) is 5.47. The molecule has 0 saturated heterocycles. The van der Waals surface area contributed by atoms with E-state index in [0.717, 1.165) is 36.8 Å². The summed E-state index contributed by atoms with van der Waals surface area (Å²) in [6.07, 6.45) is 4.13. The lowest BCUT2D eigenvalue weighted by Gasteiger charge is -2.19. The van der Waals surface area contributed by atoms with Gasteiger partial charge in [0, 0.05) is 26.5 Å². The Hall–Kier alpha value is -3.23. The fraction of sp³-hybridized carbons (Fsp3) is 0.423. The number of rotatable bonds is 15. The predicted octanol–water partition coefficient (Wildman–Crippen LogP) is 2.68. The van der Waals surface area contributed by atoms with E-state index >= 15 is 0 Å². The summed E-state index contributed by atoms with van der Waals surface area (Å²) in [6, 6.07) is 16.4. The number of benzene rings is 2. The Balaban J connectivity index is 1.72. The first kappa shape index (κ1) is 27.0. The summed E-state index contributed by atoms with van der Waals surface area (Å²) in [6.45, 7) is 1.30. The average Bonchev–Trinajstić information content (AvgIpc) is 2.86. The molecule has 0 unspecified atom stereocenters. The summed E-state index contributed by atoms with van der Waals surface area (Å²) in [5, 5.41) is 14.2. The Bertz CT molecular complexity index is 904. The molecule has 0 fully saturated rings. The van der Waals surface area contributed by atoms with Gasteiger partial charge in [-0.2, -0.15) is 0 Å². The first-order valence-electron chi connectivity index (χ1n) is 11.7. The molecule has 3 amide bonds. The third-order valence-electron chi connectivity index (χ3n) is 5.47. The van der Waals surface area contributed by atoms with Crippen molar-refractivity contribution in [1.29, 1.82) is 0 Å². The van der Waals surface area contributed by atoms with E-state index in [1.165, 1.54) is 7.05 Å². The predicted molar refractivity (Wildman–Crippen MR) is 129 cm³/mol. The van der Waals surface area contributed by atoms with Gasteiger partial charge in [-0.1, -0.05) is 67.4 Å². The molecule has 0 aromatic heterocycles. The van der Waals surface area contributed by atoms with Gasteiger partial charge in [0.1, 0.15) is 6.04 Å². The summed E-state index contributed by atoms with van der Waals surface area (Å²) < 4.78 is 5.67. The van der Waals surface area contributed by atoms with Crippen LogP contribution in [0.1, 0.15) is 48.8 Å². The van der Waals surface area contributed by atoms with Crippen LogP contribution in [0, 0.1) is 0 Å². The molecular formula is C26H35N3O5. The van der Waals surface area contributed by atoms with Crippen LogP contribution in [0.25, 0.3) is 0 Å². The highest BCUT2D eigenvalue weighted by Crippen LogP contribution is 2.13. The Labute approximate surface area is 201 Å². The van der Waals surface area contributed by atoms with E-state index in [0.29, 0.717) is 25.2 Å². The molecular weight excluding hydrogens is 434 g/mol. The quantitative estimate of drug-likeness (QED) is 0.182. The monoisotopic (exact) mass is 469 g/mol. The van der Waals surface area contributed by atoms with Crippen molar-refractivity contribution in [2.45, 2.75) is 57.6 Å². The Morgan fingerprint density at radius 1 is 0.882 bits per heavy atom. The lowest BCUT2D eigenvalue weighted by atomic mass is 9.97. The van der Waals surface area contributed by atoms with Crippen molar-refractivity contribution in [3.8, 4) is 0 Å². The molecule has 0 bridgehead atoms. The molecule has 184 valence electrons. The highest BCUT2D eigenvalue weighted by Gasteiger charge is 2.21. The fourth-order valence-corrected chi connectivity index (χ4v) is 3.62. The number of unbranched alkanes of at least 4 members (excludes halogenated alkanes) is 3. The summed E-state index contributed by atoms with van der Waals surface area (Å²) >= 11 is 0. The van der Waals surface area contributed by atoms with Crippen LogP contribution in [-0.4, -0.2) is 42.6 Å². The molecule has 2 aromatic carbocycles. The number of hydroxylamine groups is 1. The van der Waals surface area contributed by atoms with Gasteiger partial charge in [0.25, 0.3) is 0 Å². The van der Waals surface area contributed by atoms with Crippen LogP contribution < -0.4 is 16.1 Å². The van der Waals surface area contributed by atoms with Crippen LogP contribution in [0.3, 0.4) is 0 Å². The van der Waals surface area contributed by atoms with E-state index in [2.05, 4.69) is 10.6 Å². The summed E-state index contributed by atoms with van der Waals surface area (Å²) in [7, 11) is 1.52. The van der Waals surface area contributed by atoms with Crippen molar-refractivity contribution in [3.05, 3.63) is 71.3 Å². The zero-order chi connectivity index (χ0) is 24.6. The van der Waals surface area contributed by atoms with Gasteiger partial charge < -0.3 is 15.4 Å². The number of carbonyl (C=O) groups excluding carboxylic acids is 3. The van der Waals surface area contributed by atoms with E-state index in [4.69, 9.17) is 9.94 Å². The molecule has 2 aromatic rings. The number of likely N-dealkylation sites (N-methyl/N-ethyl adjacent to an activating group) is 1. The highest BCUT2D eigenvalue weighted by molar-refractivity contribution is 5.87. The van der Waals surface area contributed by atoms with Crippen molar-refractivity contribution in [1.82, 2.24) is 16.1 Å². The van der Waals surface area contributed by atoms with Crippen molar-refractivity contribution < 1.29 is 24.3 Å². The van der Waals surface area contributed by atoms with Gasteiger partial charge in [0.05, 0.1) is 13.0 Å². The van der Waals surface area contributed by atoms with Gasteiger partial charge in [-0.05, 0) is 29.5 Å². The van der Waals surface area contributed by atoms with E-state index in [-0.39, 0.29) is 24.7 Å². The summed E-state index contributed by atoms with van der Waals surface area (Å²) in [5.41, 5.74) is 4.22. The minimum atomic E-state index is -0.748. The van der Waals surface area contributed by atoms with Crippen LogP contribution in [0.15, 0.2) is 54.6 Å². The van der Waals surface area contributed by atoms with Crippen molar-refractivity contribution in [3.63, 3.8) is 0 Å².